The molecule has 0 aromatic rings. The van der Waals surface area contributed by atoms with Gasteiger partial charge in [0.25, 0.3) is 0 Å². The minimum atomic E-state index is -6.29. The van der Waals surface area contributed by atoms with Crippen molar-refractivity contribution in [1.82, 2.24) is 0 Å². The van der Waals surface area contributed by atoms with Crippen LogP contribution in [0.2, 0.25) is 0 Å². The lowest BCUT2D eigenvalue weighted by atomic mass is 9.49. The maximum atomic E-state index is 13.5. The summed E-state index contributed by atoms with van der Waals surface area (Å²) in [7, 11) is -6.29. The van der Waals surface area contributed by atoms with E-state index in [1.807, 2.05) is 6.92 Å². The topological polar surface area (TPSA) is 89.9 Å². The van der Waals surface area contributed by atoms with Gasteiger partial charge in [0, 0.05) is 6.42 Å². The molecule has 0 spiro atoms. The van der Waals surface area contributed by atoms with Crippen LogP contribution in [0.3, 0.4) is 0 Å². The van der Waals surface area contributed by atoms with E-state index in [-0.39, 0.29) is 17.4 Å². The molecule has 11 heteroatoms. The van der Waals surface area contributed by atoms with Crippen LogP contribution in [0, 0.1) is 23.7 Å². The summed E-state index contributed by atoms with van der Waals surface area (Å²) in [6.45, 7) is 4.04. The molecule has 178 valence electrons. The molecule has 0 unspecified atom stereocenters. The molecule has 4 fully saturated rings. The van der Waals surface area contributed by atoms with Crippen molar-refractivity contribution in [2.45, 2.75) is 68.6 Å². The zero-order chi connectivity index (χ0) is 23.2. The Morgan fingerprint density at radius 3 is 2.06 bits per heavy atom. The summed E-state index contributed by atoms with van der Waals surface area (Å²) < 4.78 is 93.4. The molecule has 0 aliphatic heterocycles. The highest BCUT2D eigenvalue weighted by Crippen LogP contribution is 2.60. The first-order valence-corrected chi connectivity index (χ1v) is 11.9. The highest BCUT2D eigenvalue weighted by atomic mass is 32.2. The molecule has 4 aliphatic carbocycles. The smallest absolute Gasteiger partial charge is 0.431 e. The lowest BCUT2D eigenvalue weighted by molar-refractivity contribution is -0.207. The molecule has 0 amide bonds. The third kappa shape index (κ3) is 4.37. The molecule has 4 saturated carbocycles. The number of esters is 1. The number of carbonyl (C=O) groups excluding carboxylic acids is 1. The quantitative estimate of drug-likeness (QED) is 0.168. The zero-order valence-corrected chi connectivity index (χ0v) is 18.1. The second-order valence-electron chi connectivity index (χ2n) is 9.10. The lowest BCUT2D eigenvalue weighted by Crippen LogP contribution is -2.59. The van der Waals surface area contributed by atoms with Gasteiger partial charge in [-0.15, -0.1) is 0 Å². The van der Waals surface area contributed by atoms with Gasteiger partial charge in [-0.1, -0.05) is 13.5 Å². The summed E-state index contributed by atoms with van der Waals surface area (Å²) in [6.07, 6.45) is 4.32. The molecule has 4 aliphatic rings. The van der Waals surface area contributed by atoms with Crippen molar-refractivity contribution < 1.29 is 44.8 Å². The average molecular weight is 472 g/mol. The van der Waals surface area contributed by atoms with E-state index >= 15 is 0 Å². The number of rotatable bonds is 10. The molecule has 0 radical (unpaired) electrons. The van der Waals surface area contributed by atoms with Crippen LogP contribution in [-0.4, -0.2) is 48.9 Å². The molecule has 0 aromatic carbocycles. The first kappa shape index (κ1) is 24.4. The van der Waals surface area contributed by atoms with Crippen LogP contribution in [0.1, 0.15) is 51.9 Å². The van der Waals surface area contributed by atoms with Crippen LogP contribution in [0.25, 0.3) is 0 Å². The van der Waals surface area contributed by atoms with E-state index in [2.05, 4.69) is 6.58 Å². The number of hydrogen-bond acceptors (Lipinski definition) is 5. The van der Waals surface area contributed by atoms with Gasteiger partial charge in [-0.2, -0.15) is 26.0 Å². The number of halogens is 4. The molecule has 0 atom stereocenters. The van der Waals surface area contributed by atoms with Gasteiger partial charge in [-0.3, -0.25) is 4.55 Å². The van der Waals surface area contributed by atoms with E-state index in [0.717, 1.165) is 25.7 Å². The van der Waals surface area contributed by atoms with Gasteiger partial charge in [-0.25, -0.2) is 4.79 Å². The van der Waals surface area contributed by atoms with Crippen molar-refractivity contribution in [3.8, 4) is 0 Å². The summed E-state index contributed by atoms with van der Waals surface area (Å²) in [5.41, 5.74) is -0.704. The number of hydrogen-bond donors (Lipinski definition) is 1. The fourth-order valence-electron chi connectivity index (χ4n) is 5.83. The number of carbonyl (C=O) groups is 1. The molecule has 6 nitrogen and oxygen atoms in total. The van der Waals surface area contributed by atoms with Crippen molar-refractivity contribution in [2.24, 2.45) is 23.7 Å². The molecule has 1 N–H and O–H groups in total. The highest BCUT2D eigenvalue weighted by Gasteiger charge is 2.65. The monoisotopic (exact) mass is 472 g/mol. The number of ether oxygens (including phenoxy) is 2. The van der Waals surface area contributed by atoms with Crippen LogP contribution in [0.5, 0.6) is 0 Å². The van der Waals surface area contributed by atoms with Gasteiger partial charge in [0.2, 0.25) is 0 Å². The molecular weight excluding hydrogens is 444 g/mol. The molecule has 0 saturated heterocycles. The van der Waals surface area contributed by atoms with E-state index in [4.69, 9.17) is 14.0 Å². The van der Waals surface area contributed by atoms with Crippen molar-refractivity contribution in [1.29, 1.82) is 0 Å². The Bertz CT molecular complexity index is 798. The second kappa shape index (κ2) is 8.30. The SMILES string of the molecule is C=C(COCCC(F)(F)C(F)(F)S(=O)(=O)O)C(=O)OC1(CC)C2CC3CC(C2)CC1C3. The minimum Gasteiger partial charge on any atom is -0.455 e. The largest absolute Gasteiger partial charge is 0.455 e. The normalized spacial score (nSPS) is 32.8. The molecule has 0 aromatic heterocycles. The van der Waals surface area contributed by atoms with Crippen LogP contribution in [0.4, 0.5) is 17.6 Å². The Morgan fingerprint density at radius 1 is 1.10 bits per heavy atom. The Balaban J connectivity index is 1.52. The van der Waals surface area contributed by atoms with Crippen LogP contribution in [0.15, 0.2) is 12.2 Å². The Morgan fingerprint density at radius 2 is 1.61 bits per heavy atom. The van der Waals surface area contributed by atoms with Gasteiger partial charge in [0.15, 0.2) is 0 Å². The van der Waals surface area contributed by atoms with Gasteiger partial charge >= 0.3 is 27.3 Å². The Kier molecular flexibility index (Phi) is 6.54. The summed E-state index contributed by atoms with van der Waals surface area (Å²) >= 11 is 0. The van der Waals surface area contributed by atoms with Crippen LogP contribution >= 0.6 is 0 Å². The van der Waals surface area contributed by atoms with Gasteiger partial charge in [-0.05, 0) is 62.2 Å². The first-order valence-electron chi connectivity index (χ1n) is 10.4. The van der Waals surface area contributed by atoms with Gasteiger partial charge in [0.1, 0.15) is 5.60 Å². The molecule has 4 bridgehead atoms. The fourth-order valence-corrected chi connectivity index (χ4v) is 6.31. The van der Waals surface area contributed by atoms with Crippen LogP contribution in [-0.2, 0) is 24.4 Å². The summed E-state index contributed by atoms with van der Waals surface area (Å²) in [6, 6.07) is 0. The number of alkyl halides is 4. The van der Waals surface area contributed by atoms with E-state index in [1.165, 1.54) is 6.42 Å². The third-order valence-corrected chi connectivity index (χ3v) is 8.18. The average Bonchev–Trinajstić information content (AvgIpc) is 2.66. The minimum absolute atomic E-state index is 0.133. The molecule has 31 heavy (non-hydrogen) atoms. The first-order chi connectivity index (χ1) is 14.2. The van der Waals surface area contributed by atoms with Crippen molar-refractivity contribution in [2.75, 3.05) is 13.2 Å². The van der Waals surface area contributed by atoms with Crippen molar-refractivity contribution in [3.05, 3.63) is 12.2 Å². The Labute approximate surface area is 179 Å². The molecular formula is C20H28F4O6S. The van der Waals surface area contributed by atoms with Crippen molar-refractivity contribution >= 4 is 16.1 Å². The van der Waals surface area contributed by atoms with Gasteiger partial charge in [0.05, 0.1) is 18.8 Å². The zero-order valence-electron chi connectivity index (χ0n) is 17.3. The molecule has 0 heterocycles. The second-order valence-corrected chi connectivity index (χ2v) is 10.6. The van der Waals surface area contributed by atoms with E-state index in [1.54, 1.807) is 0 Å². The predicted octanol–water partition coefficient (Wildman–Crippen LogP) is 4.21. The van der Waals surface area contributed by atoms with E-state index < -0.39 is 52.5 Å². The summed E-state index contributed by atoms with van der Waals surface area (Å²) in [5, 5.41) is -5.65. The summed E-state index contributed by atoms with van der Waals surface area (Å²) in [4.78, 5) is 12.6. The lowest BCUT2D eigenvalue weighted by Gasteiger charge is -2.60. The maximum Gasteiger partial charge on any atom is 0.431 e. The fraction of sp³-hybridized carbons (Fsp3) is 0.850. The highest BCUT2D eigenvalue weighted by molar-refractivity contribution is 7.87. The predicted molar refractivity (Wildman–Crippen MR) is 102 cm³/mol. The van der Waals surface area contributed by atoms with Gasteiger partial charge < -0.3 is 9.47 Å². The third-order valence-electron chi connectivity index (χ3n) is 7.23. The Hall–Kier alpha value is -1.20. The van der Waals surface area contributed by atoms with Crippen molar-refractivity contribution in [3.63, 3.8) is 0 Å². The standard InChI is InChI=1S/C20H28F4O6S/c1-3-18(15-7-13-6-14(9-15)10-16(18)8-13)30-17(25)12(2)11-29-5-4-19(21,22)20(23,24)31(26,27)28/h13-16H,2-11H2,1H3,(H,26,27,28). The maximum absolute atomic E-state index is 13.5. The molecule has 4 rings (SSSR count). The van der Waals surface area contributed by atoms with Crippen LogP contribution < -0.4 is 0 Å². The van der Waals surface area contributed by atoms with E-state index in [0.29, 0.717) is 18.3 Å². The van der Waals surface area contributed by atoms with E-state index in [9.17, 15) is 30.8 Å². The summed E-state index contributed by atoms with van der Waals surface area (Å²) in [5.74, 6) is -3.83.